The molecule has 1 aliphatic rings. The Morgan fingerprint density at radius 3 is 2.54 bits per heavy atom. The largest absolute Gasteiger partial charge is 0.494 e. The normalized spacial score (nSPS) is 16.4. The van der Waals surface area contributed by atoms with Crippen molar-refractivity contribution in [2.45, 2.75) is 26.2 Å². The van der Waals surface area contributed by atoms with Gasteiger partial charge in [0, 0.05) is 19.8 Å². The van der Waals surface area contributed by atoms with Gasteiger partial charge in [0.05, 0.1) is 18.9 Å². The highest BCUT2D eigenvalue weighted by Gasteiger charge is 2.29. The van der Waals surface area contributed by atoms with Gasteiger partial charge in [-0.25, -0.2) is 0 Å². The molecule has 1 aliphatic heterocycles. The van der Waals surface area contributed by atoms with Crippen molar-refractivity contribution < 1.29 is 24.2 Å². The van der Waals surface area contributed by atoms with E-state index < -0.39 is 11.9 Å². The van der Waals surface area contributed by atoms with Crippen LogP contribution in [0.5, 0.6) is 5.75 Å². The van der Waals surface area contributed by atoms with Crippen LogP contribution in [0.15, 0.2) is 24.3 Å². The maximum Gasteiger partial charge on any atom is 0.308 e. The molecule has 1 saturated heterocycles. The first-order chi connectivity index (χ1) is 11.6. The number of hydrogen-bond donors (Lipinski definition) is 2. The van der Waals surface area contributed by atoms with Crippen LogP contribution in [0, 0.1) is 11.8 Å². The van der Waals surface area contributed by atoms with Gasteiger partial charge in [-0.2, -0.15) is 0 Å². The molecule has 0 spiro atoms. The van der Waals surface area contributed by atoms with Crippen molar-refractivity contribution in [2.75, 3.05) is 26.4 Å². The molecule has 6 heteroatoms. The minimum Gasteiger partial charge on any atom is -0.494 e. The lowest BCUT2D eigenvalue weighted by atomic mass is 9.86. The van der Waals surface area contributed by atoms with E-state index in [1.807, 2.05) is 31.2 Å². The zero-order chi connectivity index (χ0) is 17.4. The Hall–Kier alpha value is -2.08. The van der Waals surface area contributed by atoms with Gasteiger partial charge in [0.15, 0.2) is 0 Å². The van der Waals surface area contributed by atoms with Crippen molar-refractivity contribution in [3.05, 3.63) is 29.8 Å². The first-order valence-electron chi connectivity index (χ1n) is 8.39. The van der Waals surface area contributed by atoms with Gasteiger partial charge < -0.3 is 19.9 Å². The molecule has 24 heavy (non-hydrogen) atoms. The molecule has 0 saturated carbocycles. The van der Waals surface area contributed by atoms with E-state index in [-0.39, 0.29) is 24.8 Å². The Kier molecular flexibility index (Phi) is 7.06. The fourth-order valence-electron chi connectivity index (χ4n) is 2.92. The maximum atomic E-state index is 12.1. The van der Waals surface area contributed by atoms with Crippen LogP contribution in [0.3, 0.4) is 0 Å². The summed E-state index contributed by atoms with van der Waals surface area (Å²) in [5, 5.41) is 12.2. The zero-order valence-corrected chi connectivity index (χ0v) is 14.0. The Balaban J connectivity index is 1.83. The number of carbonyl (C=O) groups is 2. The Bertz CT molecular complexity index is 537. The SMILES string of the molecule is CCOc1ccc(CC(=O)NCC(C(=O)O)C2CCOCC2)cc1. The summed E-state index contributed by atoms with van der Waals surface area (Å²) in [5.41, 5.74) is 0.869. The lowest BCUT2D eigenvalue weighted by Crippen LogP contribution is -2.39. The molecule has 1 heterocycles. The molecular weight excluding hydrogens is 310 g/mol. The summed E-state index contributed by atoms with van der Waals surface area (Å²) in [6.45, 7) is 3.86. The summed E-state index contributed by atoms with van der Waals surface area (Å²) in [7, 11) is 0. The Morgan fingerprint density at radius 2 is 1.96 bits per heavy atom. The Morgan fingerprint density at radius 1 is 1.29 bits per heavy atom. The standard InChI is InChI=1S/C18H25NO5/c1-2-24-15-5-3-13(4-6-15)11-17(20)19-12-16(18(21)22)14-7-9-23-10-8-14/h3-6,14,16H,2,7-12H2,1H3,(H,19,20)(H,21,22). The van der Waals surface area contributed by atoms with Crippen molar-refractivity contribution >= 4 is 11.9 Å². The van der Waals surface area contributed by atoms with Crippen molar-refractivity contribution in [3.63, 3.8) is 0 Å². The van der Waals surface area contributed by atoms with Gasteiger partial charge in [0.1, 0.15) is 5.75 Å². The van der Waals surface area contributed by atoms with Gasteiger partial charge in [0.25, 0.3) is 0 Å². The predicted molar refractivity (Wildman–Crippen MR) is 89.0 cm³/mol. The molecule has 1 atom stereocenters. The molecule has 1 amide bonds. The second-order valence-electron chi connectivity index (χ2n) is 5.95. The van der Waals surface area contributed by atoms with E-state index in [2.05, 4.69) is 5.32 Å². The molecular formula is C18H25NO5. The number of carbonyl (C=O) groups excluding carboxylic acids is 1. The van der Waals surface area contributed by atoms with Crippen LogP contribution in [0.4, 0.5) is 0 Å². The number of nitrogens with one attached hydrogen (secondary N) is 1. The van der Waals surface area contributed by atoms with Crippen LogP contribution in [-0.4, -0.2) is 43.3 Å². The Labute approximate surface area is 142 Å². The van der Waals surface area contributed by atoms with Crippen molar-refractivity contribution in [3.8, 4) is 5.75 Å². The topological polar surface area (TPSA) is 84.9 Å². The molecule has 0 aromatic heterocycles. The lowest BCUT2D eigenvalue weighted by Gasteiger charge is -2.27. The average molecular weight is 335 g/mol. The molecule has 0 bridgehead atoms. The maximum absolute atomic E-state index is 12.1. The van der Waals surface area contributed by atoms with E-state index >= 15 is 0 Å². The lowest BCUT2D eigenvalue weighted by molar-refractivity contribution is -0.144. The van der Waals surface area contributed by atoms with Crippen LogP contribution in [0.25, 0.3) is 0 Å². The van der Waals surface area contributed by atoms with Gasteiger partial charge in [-0.1, -0.05) is 12.1 Å². The molecule has 132 valence electrons. The van der Waals surface area contributed by atoms with Crippen molar-refractivity contribution in [1.82, 2.24) is 5.32 Å². The monoisotopic (exact) mass is 335 g/mol. The molecule has 1 fully saturated rings. The third-order valence-corrected chi connectivity index (χ3v) is 4.27. The van der Waals surface area contributed by atoms with Crippen LogP contribution >= 0.6 is 0 Å². The summed E-state index contributed by atoms with van der Waals surface area (Å²) in [5.74, 6) is -0.756. The number of aliphatic carboxylic acids is 1. The highest BCUT2D eigenvalue weighted by Crippen LogP contribution is 2.23. The van der Waals surface area contributed by atoms with Crippen LogP contribution < -0.4 is 10.1 Å². The minimum atomic E-state index is -0.858. The number of rotatable bonds is 8. The predicted octanol–water partition coefficient (Wildman–Crippen LogP) is 1.87. The average Bonchev–Trinajstić information content (AvgIpc) is 2.58. The highest BCUT2D eigenvalue weighted by molar-refractivity contribution is 5.79. The molecule has 2 N–H and O–H groups in total. The highest BCUT2D eigenvalue weighted by atomic mass is 16.5. The molecule has 1 aromatic rings. The third-order valence-electron chi connectivity index (χ3n) is 4.27. The van der Waals surface area contributed by atoms with Crippen LogP contribution in [0.1, 0.15) is 25.3 Å². The van der Waals surface area contributed by atoms with Gasteiger partial charge >= 0.3 is 5.97 Å². The van der Waals surface area contributed by atoms with E-state index in [0.717, 1.165) is 24.2 Å². The smallest absolute Gasteiger partial charge is 0.308 e. The van der Waals surface area contributed by atoms with Gasteiger partial charge in [-0.15, -0.1) is 0 Å². The van der Waals surface area contributed by atoms with Gasteiger partial charge in [-0.3, -0.25) is 9.59 Å². The third kappa shape index (κ3) is 5.53. The van der Waals surface area contributed by atoms with E-state index in [1.165, 1.54) is 0 Å². The van der Waals surface area contributed by atoms with Gasteiger partial charge in [0.2, 0.25) is 5.91 Å². The quantitative estimate of drug-likeness (QED) is 0.757. The molecule has 1 aromatic carbocycles. The summed E-state index contributed by atoms with van der Waals surface area (Å²) >= 11 is 0. The zero-order valence-electron chi connectivity index (χ0n) is 14.0. The summed E-state index contributed by atoms with van der Waals surface area (Å²) in [6.07, 6.45) is 1.68. The summed E-state index contributed by atoms with van der Waals surface area (Å²) in [6, 6.07) is 7.35. The number of hydrogen-bond acceptors (Lipinski definition) is 4. The fourth-order valence-corrected chi connectivity index (χ4v) is 2.92. The van der Waals surface area contributed by atoms with E-state index in [1.54, 1.807) is 0 Å². The second-order valence-corrected chi connectivity index (χ2v) is 5.95. The summed E-state index contributed by atoms with van der Waals surface area (Å²) in [4.78, 5) is 23.5. The van der Waals surface area contributed by atoms with Crippen molar-refractivity contribution in [2.24, 2.45) is 11.8 Å². The van der Waals surface area contributed by atoms with E-state index in [4.69, 9.17) is 9.47 Å². The fraction of sp³-hybridized carbons (Fsp3) is 0.556. The minimum absolute atomic E-state index is 0.0574. The van der Waals surface area contributed by atoms with E-state index in [0.29, 0.717) is 19.8 Å². The first-order valence-corrected chi connectivity index (χ1v) is 8.39. The molecule has 2 rings (SSSR count). The number of carboxylic acids is 1. The first kappa shape index (κ1) is 18.3. The summed E-state index contributed by atoms with van der Waals surface area (Å²) < 4.78 is 10.6. The molecule has 0 radical (unpaired) electrons. The molecule has 6 nitrogen and oxygen atoms in total. The van der Waals surface area contributed by atoms with Gasteiger partial charge in [-0.05, 0) is 43.4 Å². The number of ether oxygens (including phenoxy) is 2. The second kappa shape index (κ2) is 9.27. The van der Waals surface area contributed by atoms with E-state index in [9.17, 15) is 14.7 Å². The number of amides is 1. The van der Waals surface area contributed by atoms with Crippen LogP contribution in [0.2, 0.25) is 0 Å². The number of carboxylic acid groups (broad SMARTS) is 1. The number of benzene rings is 1. The molecule has 0 aliphatic carbocycles. The van der Waals surface area contributed by atoms with Crippen molar-refractivity contribution in [1.29, 1.82) is 0 Å². The molecule has 1 unspecified atom stereocenters. The van der Waals surface area contributed by atoms with Crippen LogP contribution in [-0.2, 0) is 20.7 Å².